The van der Waals surface area contributed by atoms with Gasteiger partial charge in [0, 0.05) is 12.1 Å². The van der Waals surface area contributed by atoms with Gasteiger partial charge in [0.2, 0.25) is 5.91 Å². The fourth-order valence-electron chi connectivity index (χ4n) is 2.72. The molecule has 1 aromatic carbocycles. The minimum atomic E-state index is -0.602. The number of carbonyl (C=O) groups excluding carboxylic acids is 2. The molecule has 0 spiro atoms. The molecule has 1 unspecified atom stereocenters. The second kappa shape index (κ2) is 7.85. The first-order valence-electron chi connectivity index (χ1n) is 7.88. The van der Waals surface area contributed by atoms with Crippen molar-refractivity contribution >= 4 is 11.8 Å². The lowest BCUT2D eigenvalue weighted by molar-refractivity contribution is -0.123. The Labute approximate surface area is 136 Å². The van der Waals surface area contributed by atoms with Gasteiger partial charge in [-0.2, -0.15) is 0 Å². The molecule has 6 heteroatoms. The van der Waals surface area contributed by atoms with Gasteiger partial charge in [-0.15, -0.1) is 0 Å². The molecule has 1 fully saturated rings. The summed E-state index contributed by atoms with van der Waals surface area (Å²) < 4.78 is 10.3. The first kappa shape index (κ1) is 17.1. The highest BCUT2D eigenvalue weighted by Gasteiger charge is 2.23. The van der Waals surface area contributed by atoms with E-state index in [1.54, 1.807) is 32.2 Å². The molecule has 23 heavy (non-hydrogen) atoms. The van der Waals surface area contributed by atoms with E-state index in [-0.39, 0.29) is 17.9 Å². The maximum atomic E-state index is 12.4. The first-order valence-corrected chi connectivity index (χ1v) is 7.88. The molecule has 0 heterocycles. The number of amides is 2. The summed E-state index contributed by atoms with van der Waals surface area (Å²) in [7, 11) is 3.03. The molecule has 1 atom stereocenters. The van der Waals surface area contributed by atoms with Crippen molar-refractivity contribution in [3.8, 4) is 11.5 Å². The second-order valence-corrected chi connectivity index (χ2v) is 5.75. The van der Waals surface area contributed by atoms with Crippen molar-refractivity contribution in [3.05, 3.63) is 23.8 Å². The molecule has 0 bridgehead atoms. The highest BCUT2D eigenvalue weighted by atomic mass is 16.5. The fraction of sp³-hybridized carbons (Fsp3) is 0.529. The molecular weight excluding hydrogens is 296 g/mol. The van der Waals surface area contributed by atoms with Gasteiger partial charge < -0.3 is 20.1 Å². The number of benzene rings is 1. The van der Waals surface area contributed by atoms with E-state index in [1.165, 1.54) is 7.11 Å². The molecule has 2 rings (SSSR count). The Balaban J connectivity index is 1.98. The first-order chi connectivity index (χ1) is 11.0. The molecule has 0 aliphatic heterocycles. The van der Waals surface area contributed by atoms with Crippen LogP contribution in [0, 0.1) is 0 Å². The zero-order valence-corrected chi connectivity index (χ0v) is 13.8. The number of nitrogens with one attached hydrogen (secondary N) is 2. The molecule has 6 nitrogen and oxygen atoms in total. The molecule has 126 valence electrons. The van der Waals surface area contributed by atoms with Gasteiger partial charge in [0.1, 0.15) is 17.5 Å². The molecular formula is C17H24N2O4. The maximum absolute atomic E-state index is 12.4. The van der Waals surface area contributed by atoms with Crippen LogP contribution in [-0.4, -0.2) is 38.1 Å². The highest BCUT2D eigenvalue weighted by Crippen LogP contribution is 2.24. The summed E-state index contributed by atoms with van der Waals surface area (Å²) in [5.74, 6) is 0.506. The number of ether oxygens (including phenoxy) is 2. The molecule has 2 amide bonds. The van der Waals surface area contributed by atoms with Crippen molar-refractivity contribution in [1.82, 2.24) is 10.6 Å². The summed E-state index contributed by atoms with van der Waals surface area (Å²) in [6.07, 6.45) is 4.32. The Hall–Kier alpha value is -2.24. The van der Waals surface area contributed by atoms with E-state index in [0.717, 1.165) is 25.7 Å². The van der Waals surface area contributed by atoms with E-state index in [2.05, 4.69) is 10.6 Å². The van der Waals surface area contributed by atoms with E-state index >= 15 is 0 Å². The van der Waals surface area contributed by atoms with Crippen LogP contribution in [0.5, 0.6) is 11.5 Å². The summed E-state index contributed by atoms with van der Waals surface area (Å²) in [6.45, 7) is 1.68. The quantitative estimate of drug-likeness (QED) is 0.839. The molecule has 0 saturated heterocycles. The van der Waals surface area contributed by atoms with Gasteiger partial charge in [0.25, 0.3) is 5.91 Å². The van der Waals surface area contributed by atoms with Crippen molar-refractivity contribution in [2.24, 2.45) is 0 Å². The minimum absolute atomic E-state index is 0.155. The van der Waals surface area contributed by atoms with Crippen molar-refractivity contribution in [2.75, 3.05) is 14.2 Å². The van der Waals surface area contributed by atoms with Gasteiger partial charge in [0.15, 0.2) is 0 Å². The third kappa shape index (κ3) is 4.37. The van der Waals surface area contributed by atoms with Gasteiger partial charge >= 0.3 is 0 Å². The van der Waals surface area contributed by atoms with Crippen molar-refractivity contribution < 1.29 is 19.1 Å². The van der Waals surface area contributed by atoms with Crippen LogP contribution in [-0.2, 0) is 4.79 Å². The molecule has 1 aromatic rings. The molecule has 1 saturated carbocycles. The Kier molecular flexibility index (Phi) is 5.84. The van der Waals surface area contributed by atoms with Crippen LogP contribution in [0.4, 0.5) is 0 Å². The molecule has 0 radical (unpaired) electrons. The van der Waals surface area contributed by atoms with Crippen molar-refractivity contribution in [2.45, 2.75) is 44.7 Å². The molecule has 2 N–H and O–H groups in total. The van der Waals surface area contributed by atoms with Crippen LogP contribution >= 0.6 is 0 Å². The lowest BCUT2D eigenvalue weighted by atomic mass is 10.1. The second-order valence-electron chi connectivity index (χ2n) is 5.75. The summed E-state index contributed by atoms with van der Waals surface area (Å²) in [5, 5.41) is 5.69. The lowest BCUT2D eigenvalue weighted by Gasteiger charge is -2.18. The average molecular weight is 320 g/mol. The van der Waals surface area contributed by atoms with Crippen molar-refractivity contribution in [3.63, 3.8) is 0 Å². The molecule has 1 aliphatic carbocycles. The Morgan fingerprint density at radius 2 is 1.87 bits per heavy atom. The zero-order chi connectivity index (χ0) is 16.8. The maximum Gasteiger partial charge on any atom is 0.255 e. The van der Waals surface area contributed by atoms with Gasteiger partial charge in [-0.3, -0.25) is 9.59 Å². The third-order valence-corrected chi connectivity index (χ3v) is 4.10. The Morgan fingerprint density at radius 3 is 2.48 bits per heavy atom. The summed E-state index contributed by atoms with van der Waals surface area (Å²) in [4.78, 5) is 24.5. The zero-order valence-electron chi connectivity index (χ0n) is 13.8. The SMILES string of the molecule is COc1ccc(C(=O)NC(C)C(=O)NC2CCCC2)c(OC)c1. The Bertz CT molecular complexity index is 568. The van der Waals surface area contributed by atoms with Crippen LogP contribution < -0.4 is 20.1 Å². The summed E-state index contributed by atoms with van der Waals surface area (Å²) in [6, 6.07) is 4.57. The van der Waals surface area contributed by atoms with E-state index in [1.807, 2.05) is 0 Å². The van der Waals surface area contributed by atoms with Crippen LogP contribution in [0.1, 0.15) is 43.0 Å². The van der Waals surface area contributed by atoms with E-state index in [0.29, 0.717) is 17.1 Å². The normalized spacial score (nSPS) is 15.8. The van der Waals surface area contributed by atoms with Crippen LogP contribution in [0.15, 0.2) is 18.2 Å². The van der Waals surface area contributed by atoms with Crippen molar-refractivity contribution in [1.29, 1.82) is 0 Å². The summed E-state index contributed by atoms with van der Waals surface area (Å²) >= 11 is 0. The summed E-state index contributed by atoms with van der Waals surface area (Å²) in [5.41, 5.74) is 0.369. The Morgan fingerprint density at radius 1 is 1.17 bits per heavy atom. The number of hydrogen-bond acceptors (Lipinski definition) is 4. The minimum Gasteiger partial charge on any atom is -0.497 e. The average Bonchev–Trinajstić information content (AvgIpc) is 3.06. The molecule has 1 aliphatic rings. The number of hydrogen-bond donors (Lipinski definition) is 2. The van der Waals surface area contributed by atoms with Gasteiger partial charge in [0.05, 0.1) is 19.8 Å². The topological polar surface area (TPSA) is 76.7 Å². The van der Waals surface area contributed by atoms with Gasteiger partial charge in [-0.1, -0.05) is 12.8 Å². The van der Waals surface area contributed by atoms with Crippen LogP contribution in [0.25, 0.3) is 0 Å². The van der Waals surface area contributed by atoms with Crippen LogP contribution in [0.2, 0.25) is 0 Å². The van der Waals surface area contributed by atoms with Gasteiger partial charge in [-0.25, -0.2) is 0 Å². The lowest BCUT2D eigenvalue weighted by Crippen LogP contribution is -2.47. The van der Waals surface area contributed by atoms with Crippen LogP contribution in [0.3, 0.4) is 0 Å². The van der Waals surface area contributed by atoms with E-state index in [9.17, 15) is 9.59 Å². The van der Waals surface area contributed by atoms with Gasteiger partial charge in [-0.05, 0) is 31.9 Å². The third-order valence-electron chi connectivity index (χ3n) is 4.10. The number of carbonyl (C=O) groups is 2. The number of rotatable bonds is 6. The largest absolute Gasteiger partial charge is 0.497 e. The smallest absolute Gasteiger partial charge is 0.255 e. The van der Waals surface area contributed by atoms with E-state index < -0.39 is 6.04 Å². The standard InChI is InChI=1S/C17H24N2O4/c1-11(16(20)19-12-6-4-5-7-12)18-17(21)14-9-8-13(22-2)10-15(14)23-3/h8-12H,4-7H2,1-3H3,(H,18,21)(H,19,20). The van der Waals surface area contributed by atoms with E-state index in [4.69, 9.17) is 9.47 Å². The number of methoxy groups -OCH3 is 2. The predicted octanol–water partition coefficient (Wildman–Crippen LogP) is 1.88. The highest BCUT2D eigenvalue weighted by molar-refractivity contribution is 5.99. The fourth-order valence-corrected chi connectivity index (χ4v) is 2.72. The molecule has 0 aromatic heterocycles. The monoisotopic (exact) mass is 320 g/mol. The predicted molar refractivity (Wildman–Crippen MR) is 86.9 cm³/mol.